The van der Waals surface area contributed by atoms with Gasteiger partial charge in [0.15, 0.2) is 5.96 Å². The molecular formula is C23H32ClIN6O. The highest BCUT2D eigenvalue weighted by molar-refractivity contribution is 14.0. The van der Waals surface area contributed by atoms with E-state index in [1.165, 1.54) is 0 Å². The summed E-state index contributed by atoms with van der Waals surface area (Å²) >= 11 is 6.30. The number of hydrogen-bond acceptors (Lipinski definition) is 4. The smallest absolute Gasteiger partial charge is 0.253 e. The predicted molar refractivity (Wildman–Crippen MR) is 143 cm³/mol. The van der Waals surface area contributed by atoms with Crippen LogP contribution in [0.5, 0.6) is 0 Å². The van der Waals surface area contributed by atoms with Crippen molar-refractivity contribution in [1.29, 1.82) is 0 Å². The third-order valence-electron chi connectivity index (χ3n) is 5.16. The minimum atomic E-state index is 0. The number of pyridine rings is 1. The highest BCUT2D eigenvalue weighted by Gasteiger charge is 2.25. The first-order valence-electron chi connectivity index (χ1n) is 10.7. The van der Waals surface area contributed by atoms with Crippen LogP contribution in [0, 0.1) is 0 Å². The first-order chi connectivity index (χ1) is 15.0. The number of hydrogen-bond donors (Lipinski definition) is 2. The average Bonchev–Trinajstić information content (AvgIpc) is 3.22. The fraction of sp³-hybridized carbons (Fsp3) is 0.435. The molecule has 0 radical (unpaired) electrons. The molecule has 1 amide bonds. The summed E-state index contributed by atoms with van der Waals surface area (Å²) in [5.74, 6) is 1.66. The van der Waals surface area contributed by atoms with Crippen LogP contribution in [0.15, 0.2) is 47.6 Å². The topological polar surface area (TPSA) is 72.9 Å². The largest absolute Gasteiger partial charge is 0.357 e. The molecule has 1 aromatic heterocycles. The molecule has 1 fully saturated rings. The molecule has 1 aromatic carbocycles. The number of rotatable bonds is 7. The van der Waals surface area contributed by atoms with Crippen LogP contribution < -0.4 is 15.5 Å². The average molecular weight is 571 g/mol. The van der Waals surface area contributed by atoms with E-state index >= 15 is 0 Å². The van der Waals surface area contributed by atoms with Gasteiger partial charge in [-0.2, -0.15) is 0 Å². The number of aromatic nitrogens is 1. The van der Waals surface area contributed by atoms with Crippen molar-refractivity contribution in [2.75, 3.05) is 45.2 Å². The standard InChI is InChI=1S/C23H31ClN6O.HI/c1-4-25-23(27-13-10-17-7-5-8-18(15-17)22(31)29(2)3)28-19-11-14-30(16-19)21-20(24)9-6-12-26-21;/h5-9,12,15,19H,4,10-11,13-14,16H2,1-3H3,(H2,25,27,28);1H. The fourth-order valence-electron chi connectivity index (χ4n) is 3.61. The van der Waals surface area contributed by atoms with Gasteiger partial charge in [-0.1, -0.05) is 23.7 Å². The molecule has 2 aromatic rings. The third kappa shape index (κ3) is 7.23. The van der Waals surface area contributed by atoms with Crippen LogP contribution in [0.2, 0.25) is 5.02 Å². The van der Waals surface area contributed by atoms with E-state index in [2.05, 4.69) is 27.4 Å². The Balaban J connectivity index is 0.00000363. The van der Waals surface area contributed by atoms with Crippen LogP contribution in [0.4, 0.5) is 5.82 Å². The lowest BCUT2D eigenvalue weighted by molar-refractivity contribution is 0.0827. The van der Waals surface area contributed by atoms with Crippen molar-refractivity contribution in [3.05, 3.63) is 58.7 Å². The van der Waals surface area contributed by atoms with Gasteiger partial charge in [0.1, 0.15) is 5.82 Å². The van der Waals surface area contributed by atoms with E-state index < -0.39 is 0 Å². The molecule has 0 saturated carbocycles. The maximum Gasteiger partial charge on any atom is 0.253 e. The fourth-order valence-corrected chi connectivity index (χ4v) is 3.85. The van der Waals surface area contributed by atoms with Crippen molar-refractivity contribution in [2.45, 2.75) is 25.8 Å². The van der Waals surface area contributed by atoms with Gasteiger partial charge in [-0.3, -0.25) is 9.79 Å². The lowest BCUT2D eigenvalue weighted by Crippen LogP contribution is -2.44. The van der Waals surface area contributed by atoms with Crippen LogP contribution in [-0.4, -0.2) is 68.1 Å². The number of anilines is 1. The summed E-state index contributed by atoms with van der Waals surface area (Å²) in [7, 11) is 3.53. The number of nitrogens with zero attached hydrogens (tertiary/aromatic N) is 4. The van der Waals surface area contributed by atoms with Crippen molar-refractivity contribution in [3.8, 4) is 0 Å². The molecule has 1 saturated heterocycles. The molecule has 2 N–H and O–H groups in total. The lowest BCUT2D eigenvalue weighted by Gasteiger charge is -2.20. The number of nitrogens with one attached hydrogen (secondary N) is 2. The maximum atomic E-state index is 12.2. The summed E-state index contributed by atoms with van der Waals surface area (Å²) in [6.07, 6.45) is 3.53. The SMILES string of the molecule is CCNC(=NCCc1cccc(C(=O)N(C)C)c1)NC1CCN(c2ncccc2Cl)C1.I. The van der Waals surface area contributed by atoms with E-state index in [0.717, 1.165) is 49.8 Å². The molecule has 3 rings (SSSR count). The monoisotopic (exact) mass is 570 g/mol. The van der Waals surface area contributed by atoms with Gasteiger partial charge >= 0.3 is 0 Å². The molecule has 0 bridgehead atoms. The van der Waals surface area contributed by atoms with Gasteiger partial charge in [0.2, 0.25) is 0 Å². The second kappa shape index (κ2) is 12.8. The van der Waals surface area contributed by atoms with Crippen LogP contribution in [0.25, 0.3) is 0 Å². The summed E-state index contributed by atoms with van der Waals surface area (Å²) < 4.78 is 0. The van der Waals surface area contributed by atoms with E-state index in [1.54, 1.807) is 25.2 Å². The quantitative estimate of drug-likeness (QED) is 0.303. The molecule has 2 heterocycles. The number of carbonyl (C=O) groups is 1. The summed E-state index contributed by atoms with van der Waals surface area (Å²) in [4.78, 5) is 25.1. The molecular weight excluding hydrogens is 539 g/mol. The highest BCUT2D eigenvalue weighted by Crippen LogP contribution is 2.25. The molecule has 0 aliphatic carbocycles. The molecule has 1 unspecified atom stereocenters. The van der Waals surface area contributed by atoms with Crippen molar-refractivity contribution >= 4 is 53.3 Å². The minimum absolute atomic E-state index is 0. The Morgan fingerprint density at radius 2 is 2.12 bits per heavy atom. The molecule has 1 aliphatic rings. The van der Waals surface area contributed by atoms with Crippen LogP contribution in [-0.2, 0) is 6.42 Å². The lowest BCUT2D eigenvalue weighted by atomic mass is 10.1. The zero-order chi connectivity index (χ0) is 22.2. The zero-order valence-electron chi connectivity index (χ0n) is 18.8. The minimum Gasteiger partial charge on any atom is -0.357 e. The van der Waals surface area contributed by atoms with Crippen molar-refractivity contribution in [2.24, 2.45) is 4.99 Å². The predicted octanol–water partition coefficient (Wildman–Crippen LogP) is 3.43. The van der Waals surface area contributed by atoms with Crippen molar-refractivity contribution in [1.82, 2.24) is 20.5 Å². The van der Waals surface area contributed by atoms with Gasteiger partial charge in [-0.15, -0.1) is 24.0 Å². The van der Waals surface area contributed by atoms with E-state index in [1.807, 2.05) is 36.4 Å². The summed E-state index contributed by atoms with van der Waals surface area (Å²) in [6.45, 7) is 5.22. The Hall–Kier alpha value is -2.07. The Morgan fingerprint density at radius 3 is 2.84 bits per heavy atom. The summed E-state index contributed by atoms with van der Waals surface area (Å²) in [5, 5.41) is 7.54. The Bertz CT molecular complexity index is 923. The summed E-state index contributed by atoms with van der Waals surface area (Å²) in [6, 6.07) is 11.8. The van der Waals surface area contributed by atoms with E-state index in [9.17, 15) is 4.79 Å². The number of benzene rings is 1. The third-order valence-corrected chi connectivity index (χ3v) is 5.46. The normalized spacial score (nSPS) is 15.8. The Morgan fingerprint density at radius 1 is 1.31 bits per heavy atom. The Labute approximate surface area is 212 Å². The van der Waals surface area contributed by atoms with Crippen LogP contribution >= 0.6 is 35.6 Å². The molecule has 174 valence electrons. The number of halogens is 2. The molecule has 9 heteroatoms. The molecule has 7 nitrogen and oxygen atoms in total. The van der Waals surface area contributed by atoms with Crippen LogP contribution in [0.3, 0.4) is 0 Å². The molecule has 0 spiro atoms. The van der Waals surface area contributed by atoms with E-state index in [-0.39, 0.29) is 35.9 Å². The van der Waals surface area contributed by atoms with Crippen LogP contribution in [0.1, 0.15) is 29.3 Å². The van der Waals surface area contributed by atoms with Crippen molar-refractivity contribution < 1.29 is 4.79 Å². The van der Waals surface area contributed by atoms with E-state index in [0.29, 0.717) is 17.1 Å². The number of amides is 1. The van der Waals surface area contributed by atoms with Crippen molar-refractivity contribution in [3.63, 3.8) is 0 Å². The number of guanidine groups is 1. The molecule has 1 aliphatic heterocycles. The zero-order valence-corrected chi connectivity index (χ0v) is 21.9. The maximum absolute atomic E-state index is 12.2. The molecule has 32 heavy (non-hydrogen) atoms. The van der Waals surface area contributed by atoms with Gasteiger partial charge in [-0.05, 0) is 49.6 Å². The van der Waals surface area contributed by atoms with Gasteiger partial charge in [0.25, 0.3) is 5.91 Å². The summed E-state index contributed by atoms with van der Waals surface area (Å²) in [5.41, 5.74) is 1.81. The highest BCUT2D eigenvalue weighted by atomic mass is 127. The first kappa shape index (κ1) is 26.2. The van der Waals surface area contributed by atoms with Gasteiger partial charge < -0.3 is 20.4 Å². The Kier molecular flexibility index (Phi) is 10.5. The van der Waals surface area contributed by atoms with Gasteiger partial charge in [-0.25, -0.2) is 4.98 Å². The second-order valence-electron chi connectivity index (χ2n) is 7.80. The number of carbonyl (C=O) groups excluding carboxylic acids is 1. The number of aliphatic imine (C=N–C) groups is 1. The van der Waals surface area contributed by atoms with Gasteiger partial charge in [0.05, 0.1) is 5.02 Å². The second-order valence-corrected chi connectivity index (χ2v) is 8.20. The molecule has 1 atom stereocenters. The van der Waals surface area contributed by atoms with Gasteiger partial charge in [0, 0.05) is 58.1 Å². The van der Waals surface area contributed by atoms with E-state index in [4.69, 9.17) is 16.6 Å². The first-order valence-corrected chi connectivity index (χ1v) is 11.1.